The maximum absolute atomic E-state index is 12.5. The van der Waals surface area contributed by atoms with Crippen LogP contribution in [0.5, 0.6) is 0 Å². The Kier molecular flexibility index (Phi) is 3.65. The van der Waals surface area contributed by atoms with Gasteiger partial charge in [-0.25, -0.2) is 4.79 Å². The van der Waals surface area contributed by atoms with Crippen molar-refractivity contribution in [2.24, 2.45) is 0 Å². The van der Waals surface area contributed by atoms with E-state index in [2.05, 4.69) is 0 Å². The summed E-state index contributed by atoms with van der Waals surface area (Å²) >= 11 is 0. The lowest BCUT2D eigenvalue weighted by atomic mass is 9.90. The van der Waals surface area contributed by atoms with Crippen LogP contribution in [0.4, 0.5) is 0 Å². The fraction of sp³-hybridized carbons (Fsp3) is 0.533. The molecule has 19 heavy (non-hydrogen) atoms. The van der Waals surface area contributed by atoms with Gasteiger partial charge >= 0.3 is 5.97 Å². The summed E-state index contributed by atoms with van der Waals surface area (Å²) in [7, 11) is 0. The van der Waals surface area contributed by atoms with Crippen LogP contribution < -0.4 is 0 Å². The molecule has 4 heteroatoms. The molecule has 1 saturated heterocycles. The fourth-order valence-corrected chi connectivity index (χ4v) is 2.22. The molecular weight excluding hydrogens is 244 g/mol. The summed E-state index contributed by atoms with van der Waals surface area (Å²) in [4.78, 5) is 12.5. The van der Waals surface area contributed by atoms with Crippen LogP contribution in [0, 0.1) is 0 Å². The Labute approximate surface area is 113 Å². The van der Waals surface area contributed by atoms with Crippen molar-refractivity contribution in [1.82, 2.24) is 0 Å². The Balaban J connectivity index is 2.34. The molecule has 0 bridgehead atoms. The van der Waals surface area contributed by atoms with E-state index < -0.39 is 23.3 Å². The maximum Gasteiger partial charge on any atom is 0.343 e. The average molecular weight is 264 g/mol. The molecule has 1 aliphatic rings. The van der Waals surface area contributed by atoms with E-state index >= 15 is 0 Å². The first-order valence-electron chi connectivity index (χ1n) is 6.44. The van der Waals surface area contributed by atoms with Gasteiger partial charge in [0.05, 0.1) is 12.7 Å². The lowest BCUT2D eigenvalue weighted by molar-refractivity contribution is -0.180. The molecule has 2 rings (SSSR count). The van der Waals surface area contributed by atoms with E-state index in [-0.39, 0.29) is 13.0 Å². The molecule has 0 aromatic heterocycles. The van der Waals surface area contributed by atoms with E-state index in [0.29, 0.717) is 0 Å². The summed E-state index contributed by atoms with van der Waals surface area (Å²) in [5.41, 5.74) is -1.05. The zero-order chi connectivity index (χ0) is 14.1. The van der Waals surface area contributed by atoms with Gasteiger partial charge in [0.15, 0.2) is 5.60 Å². The number of aliphatic hydroxyl groups excluding tert-OH is 1. The number of carbonyl (C=O) groups excluding carboxylic acids is 1. The first kappa shape index (κ1) is 14.0. The number of hydrogen-bond acceptors (Lipinski definition) is 4. The summed E-state index contributed by atoms with van der Waals surface area (Å²) < 4.78 is 11.1. The van der Waals surface area contributed by atoms with E-state index in [0.717, 1.165) is 5.56 Å². The van der Waals surface area contributed by atoms with Gasteiger partial charge in [0.2, 0.25) is 0 Å². The van der Waals surface area contributed by atoms with Crippen LogP contribution >= 0.6 is 0 Å². The van der Waals surface area contributed by atoms with Crippen LogP contribution in [0.3, 0.4) is 0 Å². The maximum atomic E-state index is 12.5. The Morgan fingerprint density at radius 2 is 2.00 bits per heavy atom. The summed E-state index contributed by atoms with van der Waals surface area (Å²) in [6.45, 7) is 5.59. The van der Waals surface area contributed by atoms with Crippen LogP contribution in [0.1, 0.15) is 32.8 Å². The molecule has 1 aliphatic heterocycles. The SMILES string of the molecule is CC(C)(C)OC(=O)[C@]1(c2ccccc2)C[C@H](O)CO1. The molecule has 1 heterocycles. The van der Waals surface area contributed by atoms with Crippen LogP contribution in [0.15, 0.2) is 30.3 Å². The van der Waals surface area contributed by atoms with Gasteiger partial charge in [0.25, 0.3) is 0 Å². The first-order valence-corrected chi connectivity index (χ1v) is 6.44. The molecule has 1 aromatic rings. The molecule has 1 aromatic carbocycles. The van der Waals surface area contributed by atoms with Gasteiger partial charge in [-0.05, 0) is 26.3 Å². The highest BCUT2D eigenvalue weighted by molar-refractivity contribution is 5.82. The van der Waals surface area contributed by atoms with Crippen molar-refractivity contribution in [2.75, 3.05) is 6.61 Å². The van der Waals surface area contributed by atoms with Gasteiger partial charge in [-0.1, -0.05) is 30.3 Å². The Hall–Kier alpha value is -1.39. The van der Waals surface area contributed by atoms with E-state index in [1.165, 1.54) is 0 Å². The molecule has 0 unspecified atom stereocenters. The zero-order valence-electron chi connectivity index (χ0n) is 11.6. The number of rotatable bonds is 2. The third-order valence-corrected chi connectivity index (χ3v) is 3.01. The average Bonchev–Trinajstić information content (AvgIpc) is 2.72. The van der Waals surface area contributed by atoms with Crippen molar-refractivity contribution < 1.29 is 19.4 Å². The minimum Gasteiger partial charge on any atom is -0.458 e. The van der Waals surface area contributed by atoms with Crippen molar-refractivity contribution in [3.05, 3.63) is 35.9 Å². The molecule has 2 atom stereocenters. The summed E-state index contributed by atoms with van der Waals surface area (Å²) in [6.07, 6.45) is -0.418. The van der Waals surface area contributed by atoms with Crippen molar-refractivity contribution >= 4 is 5.97 Å². The number of ether oxygens (including phenoxy) is 2. The van der Waals surface area contributed by atoms with Crippen molar-refractivity contribution in [3.8, 4) is 0 Å². The van der Waals surface area contributed by atoms with Gasteiger partial charge in [0.1, 0.15) is 5.60 Å². The third kappa shape index (κ3) is 2.96. The minimum atomic E-state index is -1.19. The van der Waals surface area contributed by atoms with Crippen molar-refractivity contribution in [3.63, 3.8) is 0 Å². The second-order valence-electron chi connectivity index (χ2n) is 5.86. The molecule has 0 radical (unpaired) electrons. The first-order chi connectivity index (χ1) is 8.83. The highest BCUT2D eigenvalue weighted by Crippen LogP contribution is 2.38. The normalized spacial score (nSPS) is 27.3. The monoisotopic (exact) mass is 264 g/mol. The summed E-state index contributed by atoms with van der Waals surface area (Å²) in [5.74, 6) is -0.442. The Bertz CT molecular complexity index is 449. The number of esters is 1. The second-order valence-corrected chi connectivity index (χ2v) is 5.86. The summed E-state index contributed by atoms with van der Waals surface area (Å²) in [6, 6.07) is 9.20. The van der Waals surface area contributed by atoms with Crippen molar-refractivity contribution in [2.45, 2.75) is 44.5 Å². The van der Waals surface area contributed by atoms with Gasteiger partial charge in [0, 0.05) is 6.42 Å². The molecule has 1 N–H and O–H groups in total. The number of hydrogen-bond donors (Lipinski definition) is 1. The molecule has 0 spiro atoms. The lowest BCUT2D eigenvalue weighted by Crippen LogP contribution is -2.41. The Morgan fingerprint density at radius 1 is 1.37 bits per heavy atom. The molecule has 1 fully saturated rings. The largest absolute Gasteiger partial charge is 0.458 e. The van der Waals surface area contributed by atoms with Crippen LogP contribution in [0.2, 0.25) is 0 Å². The Morgan fingerprint density at radius 3 is 2.47 bits per heavy atom. The molecule has 4 nitrogen and oxygen atoms in total. The molecule has 104 valence electrons. The van der Waals surface area contributed by atoms with Crippen LogP contribution in [-0.2, 0) is 19.9 Å². The van der Waals surface area contributed by atoms with Gasteiger partial charge in [-0.15, -0.1) is 0 Å². The van der Waals surface area contributed by atoms with Gasteiger partial charge in [-0.2, -0.15) is 0 Å². The zero-order valence-corrected chi connectivity index (χ0v) is 11.6. The number of aliphatic hydroxyl groups is 1. The van der Waals surface area contributed by atoms with Gasteiger partial charge < -0.3 is 14.6 Å². The quantitative estimate of drug-likeness (QED) is 0.830. The van der Waals surface area contributed by atoms with Crippen LogP contribution in [0.25, 0.3) is 0 Å². The minimum absolute atomic E-state index is 0.147. The molecule has 0 aliphatic carbocycles. The number of benzene rings is 1. The van der Waals surface area contributed by atoms with Crippen LogP contribution in [-0.4, -0.2) is 29.4 Å². The summed E-state index contributed by atoms with van der Waals surface area (Å²) in [5, 5.41) is 9.74. The molecular formula is C15H20O4. The molecule has 0 amide bonds. The van der Waals surface area contributed by atoms with E-state index in [9.17, 15) is 9.90 Å². The standard InChI is InChI=1S/C15H20O4/c1-14(2,3)19-13(17)15(9-12(16)10-18-15)11-7-5-4-6-8-11/h4-8,12,16H,9-10H2,1-3H3/t12-,15+/m0/s1. The van der Waals surface area contributed by atoms with E-state index in [4.69, 9.17) is 9.47 Å². The van der Waals surface area contributed by atoms with Gasteiger partial charge in [-0.3, -0.25) is 0 Å². The van der Waals surface area contributed by atoms with E-state index in [1.807, 2.05) is 51.1 Å². The van der Waals surface area contributed by atoms with Crippen molar-refractivity contribution in [1.29, 1.82) is 0 Å². The highest BCUT2D eigenvalue weighted by Gasteiger charge is 2.50. The molecule has 0 saturated carbocycles. The lowest BCUT2D eigenvalue weighted by Gasteiger charge is -2.30. The smallest absolute Gasteiger partial charge is 0.343 e. The highest BCUT2D eigenvalue weighted by atomic mass is 16.6. The number of carbonyl (C=O) groups is 1. The topological polar surface area (TPSA) is 55.8 Å². The predicted octanol–water partition coefficient (Wildman–Crippen LogP) is 2.00. The fourth-order valence-electron chi connectivity index (χ4n) is 2.22. The predicted molar refractivity (Wildman–Crippen MR) is 70.5 cm³/mol. The second kappa shape index (κ2) is 4.94. The third-order valence-electron chi connectivity index (χ3n) is 3.01. The van der Waals surface area contributed by atoms with E-state index in [1.54, 1.807) is 0 Å².